The van der Waals surface area contributed by atoms with Crippen molar-refractivity contribution in [3.05, 3.63) is 29.3 Å². The van der Waals surface area contributed by atoms with Crippen LogP contribution in [0.1, 0.15) is 53.3 Å². The predicted octanol–water partition coefficient (Wildman–Crippen LogP) is 1.47. The minimum absolute atomic E-state index is 0. The second kappa shape index (κ2) is 9.10. The molecule has 1 unspecified atom stereocenters. The maximum atomic E-state index is 12.1. The normalized spacial score (nSPS) is 15.3. The van der Waals surface area contributed by atoms with E-state index in [9.17, 15) is 13.8 Å². The molecule has 1 N–H and O–H groups in total. The number of hydrogen-bond acceptors (Lipinski definition) is 6. The molecule has 0 fully saturated rings. The molecule has 9 heteroatoms. The first-order valence-corrected chi connectivity index (χ1v) is 9.35. The van der Waals surface area contributed by atoms with Crippen LogP contribution in [0.4, 0.5) is 0 Å². The summed E-state index contributed by atoms with van der Waals surface area (Å²) in [5.74, 6) is -1.11. The molecule has 0 bridgehead atoms. The molecule has 2 rings (SSSR count). The van der Waals surface area contributed by atoms with Crippen LogP contribution in [-0.2, 0) is 24.4 Å². The van der Waals surface area contributed by atoms with Gasteiger partial charge < -0.3 is 4.18 Å². The molecule has 0 aliphatic carbocycles. The van der Waals surface area contributed by atoms with Crippen LogP contribution in [0.5, 0.6) is 5.75 Å². The molecule has 0 aromatic heterocycles. The van der Waals surface area contributed by atoms with Gasteiger partial charge in [-0.2, -0.15) is 4.21 Å². The van der Waals surface area contributed by atoms with Crippen LogP contribution in [-0.4, -0.2) is 52.2 Å². The van der Waals surface area contributed by atoms with Gasteiger partial charge in [-0.15, -0.1) is 0 Å². The molecule has 0 saturated carbocycles. The molecule has 1 aromatic carbocycles. The van der Waals surface area contributed by atoms with Crippen LogP contribution in [0.15, 0.2) is 18.2 Å². The number of carbonyl (C=O) groups excluding carboxylic acids is 2. The monoisotopic (exact) mass is 367 g/mol. The summed E-state index contributed by atoms with van der Waals surface area (Å²) in [4.78, 5) is 23.3. The molecule has 0 saturated heterocycles. The molecular formula is C14H18NNaO5S2. The van der Waals surface area contributed by atoms with Crippen LogP contribution in [0.25, 0.3) is 0 Å². The summed E-state index contributed by atoms with van der Waals surface area (Å²) < 4.78 is 22.4. The Morgan fingerprint density at radius 3 is 2.61 bits per heavy atom. The van der Waals surface area contributed by atoms with Gasteiger partial charge in [0.15, 0.2) is 5.75 Å². The van der Waals surface area contributed by atoms with Crippen molar-refractivity contribution in [3.63, 3.8) is 0 Å². The van der Waals surface area contributed by atoms with Crippen LogP contribution in [0, 0.1) is 0 Å². The van der Waals surface area contributed by atoms with Crippen molar-refractivity contribution in [1.82, 2.24) is 5.32 Å². The van der Waals surface area contributed by atoms with E-state index >= 15 is 0 Å². The number of amides is 2. The summed E-state index contributed by atoms with van der Waals surface area (Å²) >= 11 is 4.81. The van der Waals surface area contributed by atoms with Crippen molar-refractivity contribution in [2.45, 2.75) is 32.6 Å². The number of fused-ring (bicyclic) bond motifs is 1. The SMILES string of the molecule is CCCCCCOS(=O)(=S)Oc1cccc2c1C(=O)NC2=O.[NaH]. The van der Waals surface area contributed by atoms with Gasteiger partial charge in [0.2, 0.25) is 0 Å². The van der Waals surface area contributed by atoms with Crippen molar-refractivity contribution in [2.24, 2.45) is 0 Å². The first-order chi connectivity index (χ1) is 10.4. The van der Waals surface area contributed by atoms with Gasteiger partial charge in [0, 0.05) is 0 Å². The molecule has 2 amide bonds. The second-order valence-electron chi connectivity index (χ2n) is 4.84. The minimum atomic E-state index is -3.44. The van der Waals surface area contributed by atoms with Gasteiger partial charge in [0.25, 0.3) is 11.8 Å². The number of hydrogen-bond donors (Lipinski definition) is 1. The van der Waals surface area contributed by atoms with E-state index in [1.807, 2.05) is 0 Å². The van der Waals surface area contributed by atoms with Gasteiger partial charge in [0.1, 0.15) is 0 Å². The van der Waals surface area contributed by atoms with Crippen molar-refractivity contribution in [2.75, 3.05) is 6.61 Å². The Balaban J connectivity index is 0.00000264. The van der Waals surface area contributed by atoms with E-state index in [4.69, 9.17) is 19.6 Å². The first kappa shape index (κ1) is 20.5. The standard InChI is InChI=1S/C14H17NO5S2.Na.H/c1-2-3-4-5-9-19-22(18,21)20-11-8-6-7-10-12(11)14(17)15-13(10)16;;/h6-8H,2-5,9H2,1H3,(H,15,16,17);;. The first-order valence-electron chi connectivity index (χ1n) is 7.02. The molecule has 1 atom stereocenters. The van der Waals surface area contributed by atoms with Crippen LogP contribution < -0.4 is 9.50 Å². The molecule has 1 aliphatic heterocycles. The van der Waals surface area contributed by atoms with Crippen molar-refractivity contribution >= 4 is 61.6 Å². The number of benzene rings is 1. The number of imide groups is 1. The van der Waals surface area contributed by atoms with Gasteiger partial charge in [-0.05, 0) is 18.6 Å². The fourth-order valence-corrected chi connectivity index (χ4v) is 3.23. The Hall–Kier alpha value is -0.510. The van der Waals surface area contributed by atoms with Crippen molar-refractivity contribution < 1.29 is 22.2 Å². The van der Waals surface area contributed by atoms with Crippen molar-refractivity contribution in [1.29, 1.82) is 0 Å². The quantitative estimate of drug-likeness (QED) is 0.426. The molecule has 6 nitrogen and oxygen atoms in total. The number of carbonyl (C=O) groups is 2. The van der Waals surface area contributed by atoms with E-state index in [0.717, 1.165) is 25.7 Å². The molecule has 0 spiro atoms. The van der Waals surface area contributed by atoms with Gasteiger partial charge in [-0.3, -0.25) is 19.1 Å². The molecule has 23 heavy (non-hydrogen) atoms. The van der Waals surface area contributed by atoms with E-state index in [1.54, 1.807) is 0 Å². The zero-order valence-corrected chi connectivity index (χ0v) is 13.8. The zero-order chi connectivity index (χ0) is 16.2. The summed E-state index contributed by atoms with van der Waals surface area (Å²) in [7, 11) is -3.44. The second-order valence-corrected chi connectivity index (χ2v) is 7.28. The van der Waals surface area contributed by atoms with Crippen LogP contribution in [0.3, 0.4) is 0 Å². The average molecular weight is 367 g/mol. The van der Waals surface area contributed by atoms with Gasteiger partial charge in [-0.1, -0.05) is 32.3 Å². The number of rotatable bonds is 8. The van der Waals surface area contributed by atoms with E-state index < -0.39 is 20.9 Å². The van der Waals surface area contributed by atoms with E-state index in [-0.39, 0.29) is 53.0 Å². The van der Waals surface area contributed by atoms with E-state index in [2.05, 4.69) is 12.2 Å². The summed E-state index contributed by atoms with van der Waals surface area (Å²) in [5, 5.41) is 2.15. The molecule has 0 radical (unpaired) electrons. The van der Waals surface area contributed by atoms with E-state index in [1.165, 1.54) is 18.2 Å². The van der Waals surface area contributed by atoms with Gasteiger partial charge in [-0.25, -0.2) is 0 Å². The third kappa shape index (κ3) is 5.51. The van der Waals surface area contributed by atoms with Crippen LogP contribution in [0.2, 0.25) is 0 Å². The van der Waals surface area contributed by atoms with Gasteiger partial charge in [0.05, 0.1) is 28.9 Å². The molecule has 1 heterocycles. The summed E-state index contributed by atoms with van der Waals surface area (Å²) in [6, 6.07) is 4.45. The number of unbranched alkanes of at least 4 members (excludes halogenated alkanes) is 3. The zero-order valence-electron chi connectivity index (χ0n) is 12.1. The van der Waals surface area contributed by atoms with E-state index in [0.29, 0.717) is 0 Å². The topological polar surface area (TPSA) is 81.7 Å². The summed E-state index contributed by atoms with van der Waals surface area (Å²) in [6.07, 6.45) is 3.84. The van der Waals surface area contributed by atoms with Gasteiger partial charge >= 0.3 is 38.6 Å². The Kier molecular flexibility index (Phi) is 8.12. The fourth-order valence-electron chi connectivity index (χ4n) is 2.08. The third-order valence-corrected chi connectivity index (χ3v) is 4.47. The average Bonchev–Trinajstić information content (AvgIpc) is 2.74. The Morgan fingerprint density at radius 2 is 1.91 bits per heavy atom. The molecule has 122 valence electrons. The van der Waals surface area contributed by atoms with Crippen molar-refractivity contribution in [3.8, 4) is 5.75 Å². The third-order valence-electron chi connectivity index (χ3n) is 3.14. The summed E-state index contributed by atoms with van der Waals surface area (Å²) in [6.45, 7) is 2.31. The van der Waals surface area contributed by atoms with Crippen LogP contribution >= 0.6 is 0 Å². The predicted molar refractivity (Wildman–Crippen MR) is 91.6 cm³/mol. The fraction of sp³-hybridized carbons (Fsp3) is 0.429. The Labute approximate surface area is 162 Å². The molecular weight excluding hydrogens is 349 g/mol. The maximum absolute atomic E-state index is 12.1. The molecule has 1 aliphatic rings. The Bertz CT molecular complexity index is 690. The molecule has 1 aromatic rings. The summed E-state index contributed by atoms with van der Waals surface area (Å²) in [5.41, 5.74) is 0.218. The Morgan fingerprint density at radius 1 is 1.17 bits per heavy atom. The number of nitrogens with one attached hydrogen (secondary N) is 1.